The van der Waals surface area contributed by atoms with Crippen molar-refractivity contribution in [3.63, 3.8) is 0 Å². The second-order valence-electron chi connectivity index (χ2n) is 6.31. The Balaban J connectivity index is 2.30. The summed E-state index contributed by atoms with van der Waals surface area (Å²) in [6, 6.07) is 8.78. The van der Waals surface area contributed by atoms with Gasteiger partial charge in [0.25, 0.3) is 15.9 Å². The molecule has 0 aliphatic carbocycles. The fourth-order valence-corrected chi connectivity index (χ4v) is 3.04. The number of amides is 1. The van der Waals surface area contributed by atoms with Crippen molar-refractivity contribution < 1.29 is 22.0 Å². The highest BCUT2D eigenvalue weighted by atomic mass is 32.2. The Morgan fingerprint density at radius 1 is 0.958 bits per heavy atom. The molecule has 1 amide bonds. The quantitative estimate of drug-likeness (QED) is 0.920. The molecular formula is C17H17F2NO3S. The first-order valence-electron chi connectivity index (χ1n) is 7.14. The van der Waals surface area contributed by atoms with Crippen LogP contribution in [0.25, 0.3) is 0 Å². The molecule has 0 aliphatic rings. The van der Waals surface area contributed by atoms with Crippen LogP contribution in [0.4, 0.5) is 8.78 Å². The highest BCUT2D eigenvalue weighted by Gasteiger charge is 2.24. The second-order valence-corrected chi connectivity index (χ2v) is 7.99. The lowest BCUT2D eigenvalue weighted by atomic mass is 9.87. The Bertz CT molecular complexity index is 849. The first-order valence-corrected chi connectivity index (χ1v) is 8.62. The van der Waals surface area contributed by atoms with Gasteiger partial charge in [0.2, 0.25) is 0 Å². The van der Waals surface area contributed by atoms with Gasteiger partial charge in [-0.1, -0.05) is 39.0 Å². The SMILES string of the molecule is CC(C)(C)c1ccc(S(=O)(=O)NC(=O)c2c(F)cccc2F)cc1. The van der Waals surface area contributed by atoms with Crippen LogP contribution < -0.4 is 4.72 Å². The Kier molecular flexibility index (Phi) is 4.75. The summed E-state index contributed by atoms with van der Waals surface area (Å²) in [5, 5.41) is 0. The zero-order valence-electron chi connectivity index (χ0n) is 13.4. The summed E-state index contributed by atoms with van der Waals surface area (Å²) in [5.74, 6) is -3.62. The zero-order valence-corrected chi connectivity index (χ0v) is 14.2. The molecule has 2 rings (SSSR count). The van der Waals surface area contributed by atoms with Gasteiger partial charge in [-0.05, 0) is 35.2 Å². The normalized spacial score (nSPS) is 12.0. The average Bonchev–Trinajstić information content (AvgIpc) is 2.45. The lowest BCUT2D eigenvalue weighted by molar-refractivity contribution is 0.0973. The minimum Gasteiger partial charge on any atom is -0.268 e. The van der Waals surface area contributed by atoms with E-state index in [0.29, 0.717) is 0 Å². The highest BCUT2D eigenvalue weighted by molar-refractivity contribution is 7.90. The summed E-state index contributed by atoms with van der Waals surface area (Å²) in [5.41, 5.74) is -0.192. The molecule has 7 heteroatoms. The molecule has 4 nitrogen and oxygen atoms in total. The molecule has 0 unspecified atom stereocenters. The maximum absolute atomic E-state index is 13.6. The van der Waals surface area contributed by atoms with E-state index in [0.717, 1.165) is 23.8 Å². The van der Waals surface area contributed by atoms with E-state index in [1.54, 1.807) is 16.9 Å². The molecule has 0 aromatic heterocycles. The minimum atomic E-state index is -4.24. The molecule has 128 valence electrons. The summed E-state index contributed by atoms with van der Waals surface area (Å²) in [6.07, 6.45) is 0. The van der Waals surface area contributed by atoms with Crippen LogP contribution in [-0.2, 0) is 15.4 Å². The third kappa shape index (κ3) is 3.79. The first kappa shape index (κ1) is 18.1. The highest BCUT2D eigenvalue weighted by Crippen LogP contribution is 2.23. The van der Waals surface area contributed by atoms with Crippen LogP contribution >= 0.6 is 0 Å². The van der Waals surface area contributed by atoms with Crippen molar-refractivity contribution in [2.75, 3.05) is 0 Å². The number of carbonyl (C=O) groups excluding carboxylic acids is 1. The summed E-state index contributed by atoms with van der Waals surface area (Å²) in [7, 11) is -4.24. The largest absolute Gasteiger partial charge is 0.270 e. The molecular weight excluding hydrogens is 336 g/mol. The number of hydrogen-bond donors (Lipinski definition) is 1. The summed E-state index contributed by atoms with van der Waals surface area (Å²) < 4.78 is 53.3. The molecule has 1 N–H and O–H groups in total. The zero-order chi connectivity index (χ0) is 18.1. The van der Waals surface area contributed by atoms with E-state index in [1.807, 2.05) is 20.8 Å². The van der Waals surface area contributed by atoms with Crippen molar-refractivity contribution in [3.05, 3.63) is 65.2 Å². The molecule has 0 saturated heterocycles. The van der Waals surface area contributed by atoms with Crippen molar-refractivity contribution in [1.82, 2.24) is 4.72 Å². The predicted octanol–water partition coefficient (Wildman–Crippen LogP) is 3.38. The van der Waals surface area contributed by atoms with Gasteiger partial charge in [0, 0.05) is 0 Å². The number of halogens is 2. The van der Waals surface area contributed by atoms with Crippen molar-refractivity contribution in [2.45, 2.75) is 31.1 Å². The van der Waals surface area contributed by atoms with E-state index >= 15 is 0 Å². The fraction of sp³-hybridized carbons (Fsp3) is 0.235. The predicted molar refractivity (Wildman–Crippen MR) is 86.2 cm³/mol. The minimum absolute atomic E-state index is 0.165. The van der Waals surface area contributed by atoms with E-state index in [4.69, 9.17) is 0 Å². The van der Waals surface area contributed by atoms with Gasteiger partial charge >= 0.3 is 0 Å². The van der Waals surface area contributed by atoms with Gasteiger partial charge in [0.15, 0.2) is 0 Å². The molecule has 0 fully saturated rings. The van der Waals surface area contributed by atoms with Gasteiger partial charge in [-0.2, -0.15) is 0 Å². The van der Waals surface area contributed by atoms with Gasteiger partial charge in [-0.3, -0.25) is 4.79 Å². The van der Waals surface area contributed by atoms with Crippen LogP contribution in [0.5, 0.6) is 0 Å². The molecule has 0 spiro atoms. The Morgan fingerprint density at radius 3 is 1.92 bits per heavy atom. The Morgan fingerprint density at radius 2 is 1.46 bits per heavy atom. The van der Waals surface area contributed by atoms with E-state index in [9.17, 15) is 22.0 Å². The van der Waals surface area contributed by atoms with Gasteiger partial charge < -0.3 is 0 Å². The van der Waals surface area contributed by atoms with Crippen LogP contribution in [-0.4, -0.2) is 14.3 Å². The number of nitrogens with one attached hydrogen (secondary N) is 1. The Labute approximate surface area is 139 Å². The maximum Gasteiger partial charge on any atom is 0.270 e. The molecule has 2 aromatic carbocycles. The summed E-state index contributed by atoms with van der Waals surface area (Å²) >= 11 is 0. The maximum atomic E-state index is 13.6. The number of carbonyl (C=O) groups is 1. The van der Waals surface area contributed by atoms with Gasteiger partial charge in [-0.25, -0.2) is 21.9 Å². The lowest BCUT2D eigenvalue weighted by Gasteiger charge is -2.19. The standard InChI is InChI=1S/C17H17F2NO3S/c1-17(2,3)11-7-9-12(10-8-11)24(22,23)20-16(21)15-13(18)5-4-6-14(15)19/h4-10H,1-3H3,(H,20,21). The van der Waals surface area contributed by atoms with Crippen LogP contribution in [0.15, 0.2) is 47.4 Å². The van der Waals surface area contributed by atoms with Crippen LogP contribution in [0, 0.1) is 11.6 Å². The van der Waals surface area contributed by atoms with E-state index < -0.39 is 33.1 Å². The fourth-order valence-electron chi connectivity index (χ4n) is 2.08. The van der Waals surface area contributed by atoms with E-state index in [2.05, 4.69) is 0 Å². The van der Waals surface area contributed by atoms with Gasteiger partial charge in [0.1, 0.15) is 17.2 Å². The van der Waals surface area contributed by atoms with Crippen molar-refractivity contribution in [1.29, 1.82) is 0 Å². The molecule has 24 heavy (non-hydrogen) atoms. The second kappa shape index (κ2) is 6.32. The molecule has 0 radical (unpaired) electrons. The van der Waals surface area contributed by atoms with E-state index in [1.165, 1.54) is 12.1 Å². The number of rotatable bonds is 3. The first-order chi connectivity index (χ1) is 11.0. The van der Waals surface area contributed by atoms with Crippen LogP contribution in [0.2, 0.25) is 0 Å². The summed E-state index contributed by atoms with van der Waals surface area (Å²) in [4.78, 5) is 11.8. The molecule has 0 heterocycles. The van der Waals surface area contributed by atoms with Crippen molar-refractivity contribution in [3.8, 4) is 0 Å². The number of hydrogen-bond acceptors (Lipinski definition) is 3. The average molecular weight is 353 g/mol. The number of sulfonamides is 1. The van der Waals surface area contributed by atoms with Crippen molar-refractivity contribution in [2.24, 2.45) is 0 Å². The van der Waals surface area contributed by atoms with E-state index in [-0.39, 0.29) is 10.3 Å². The molecule has 2 aromatic rings. The van der Waals surface area contributed by atoms with Crippen LogP contribution in [0.3, 0.4) is 0 Å². The lowest BCUT2D eigenvalue weighted by Crippen LogP contribution is -2.32. The number of benzene rings is 2. The smallest absolute Gasteiger partial charge is 0.268 e. The molecule has 0 atom stereocenters. The van der Waals surface area contributed by atoms with Gasteiger partial charge in [0.05, 0.1) is 4.90 Å². The van der Waals surface area contributed by atoms with Crippen molar-refractivity contribution >= 4 is 15.9 Å². The van der Waals surface area contributed by atoms with Crippen LogP contribution in [0.1, 0.15) is 36.7 Å². The topological polar surface area (TPSA) is 63.2 Å². The molecule has 0 saturated carbocycles. The monoisotopic (exact) mass is 353 g/mol. The third-order valence-electron chi connectivity index (χ3n) is 3.45. The Hall–Kier alpha value is -2.28. The van der Waals surface area contributed by atoms with Gasteiger partial charge in [-0.15, -0.1) is 0 Å². The molecule has 0 bridgehead atoms. The summed E-state index contributed by atoms with van der Waals surface area (Å²) in [6.45, 7) is 5.91. The molecule has 0 aliphatic heterocycles. The third-order valence-corrected chi connectivity index (χ3v) is 4.79.